The summed E-state index contributed by atoms with van der Waals surface area (Å²) in [7, 11) is 0. The van der Waals surface area contributed by atoms with Crippen molar-refractivity contribution in [3.05, 3.63) is 47.5 Å². The number of Topliss-reactive ketones (excluding diaryl/α,β-unsaturated/α-hetero) is 1. The van der Waals surface area contributed by atoms with Crippen LogP contribution in [0.15, 0.2) is 36.4 Å². The summed E-state index contributed by atoms with van der Waals surface area (Å²) in [4.78, 5) is 12.3. The molecule has 0 aromatic heterocycles. The number of benzene rings is 2. The average molecular weight is 274 g/mol. The molecule has 0 aliphatic heterocycles. The van der Waals surface area contributed by atoms with Gasteiger partial charge < -0.3 is 20.4 Å². The smallest absolute Gasteiger partial charge is 0.173 e. The highest BCUT2D eigenvalue weighted by atomic mass is 16.3. The van der Waals surface area contributed by atoms with Crippen LogP contribution in [0.4, 0.5) is 0 Å². The van der Waals surface area contributed by atoms with Gasteiger partial charge in [0.1, 0.15) is 11.5 Å². The molecule has 0 aliphatic carbocycles. The average Bonchev–Trinajstić information content (AvgIpc) is 2.42. The van der Waals surface area contributed by atoms with Crippen molar-refractivity contribution in [2.45, 2.75) is 12.8 Å². The van der Waals surface area contributed by atoms with Crippen molar-refractivity contribution in [2.24, 2.45) is 0 Å². The van der Waals surface area contributed by atoms with Crippen LogP contribution in [0.1, 0.15) is 28.8 Å². The van der Waals surface area contributed by atoms with E-state index < -0.39 is 28.9 Å². The molecule has 0 amide bonds. The zero-order chi connectivity index (χ0) is 14.9. The van der Waals surface area contributed by atoms with E-state index in [1.54, 1.807) is 19.1 Å². The first-order chi connectivity index (χ1) is 9.40. The standard InChI is InChI=1S/C15H14O5/c1-8(9-2-4-10(16)5-3-9)15(20)11-6-13(18)14(19)7-12(11)17/h2-8,16-19H,1H3. The van der Waals surface area contributed by atoms with Crippen molar-refractivity contribution >= 4 is 5.78 Å². The molecule has 4 N–H and O–H groups in total. The molecule has 2 rings (SSSR count). The first-order valence-electron chi connectivity index (χ1n) is 5.98. The number of ketones is 1. The Balaban J connectivity index is 2.36. The normalized spacial score (nSPS) is 12.1. The lowest BCUT2D eigenvalue weighted by molar-refractivity contribution is 0.0963. The van der Waals surface area contributed by atoms with E-state index in [-0.39, 0.29) is 11.3 Å². The van der Waals surface area contributed by atoms with E-state index in [0.717, 1.165) is 12.1 Å². The van der Waals surface area contributed by atoms with Gasteiger partial charge in [-0.3, -0.25) is 4.79 Å². The highest BCUT2D eigenvalue weighted by Crippen LogP contribution is 2.35. The van der Waals surface area contributed by atoms with Gasteiger partial charge in [0.25, 0.3) is 0 Å². The maximum absolute atomic E-state index is 12.3. The predicted molar refractivity (Wildman–Crippen MR) is 72.3 cm³/mol. The van der Waals surface area contributed by atoms with Gasteiger partial charge in [0.05, 0.1) is 5.56 Å². The van der Waals surface area contributed by atoms with Crippen LogP contribution < -0.4 is 0 Å². The topological polar surface area (TPSA) is 98.0 Å². The maximum Gasteiger partial charge on any atom is 0.173 e. The van der Waals surface area contributed by atoms with Gasteiger partial charge >= 0.3 is 0 Å². The fourth-order valence-corrected chi connectivity index (χ4v) is 1.91. The van der Waals surface area contributed by atoms with E-state index in [1.165, 1.54) is 12.1 Å². The van der Waals surface area contributed by atoms with Crippen LogP contribution in [0.25, 0.3) is 0 Å². The van der Waals surface area contributed by atoms with Gasteiger partial charge in [-0.15, -0.1) is 0 Å². The Labute approximate surface area is 115 Å². The molecular weight excluding hydrogens is 260 g/mol. The van der Waals surface area contributed by atoms with Gasteiger partial charge in [-0.05, 0) is 23.8 Å². The minimum absolute atomic E-state index is 0.0686. The molecule has 0 spiro atoms. The molecule has 5 heteroatoms. The summed E-state index contributed by atoms with van der Waals surface area (Å²) in [5, 5.41) is 37.6. The first kappa shape index (κ1) is 13.7. The van der Waals surface area contributed by atoms with Crippen LogP contribution in [0.3, 0.4) is 0 Å². The molecule has 1 unspecified atom stereocenters. The number of phenolic OH excluding ortho intramolecular Hbond substituents is 4. The summed E-state index contributed by atoms with van der Waals surface area (Å²) in [5.41, 5.74) is 0.598. The van der Waals surface area contributed by atoms with Gasteiger partial charge in [-0.2, -0.15) is 0 Å². The number of rotatable bonds is 3. The Hall–Kier alpha value is -2.69. The summed E-state index contributed by atoms with van der Waals surface area (Å²) >= 11 is 0. The van der Waals surface area contributed by atoms with Gasteiger partial charge in [-0.25, -0.2) is 0 Å². The van der Waals surface area contributed by atoms with E-state index in [2.05, 4.69) is 0 Å². The maximum atomic E-state index is 12.3. The first-order valence-corrected chi connectivity index (χ1v) is 5.98. The monoisotopic (exact) mass is 274 g/mol. The molecule has 0 aliphatic rings. The number of carbonyl (C=O) groups excluding carboxylic acids is 1. The van der Waals surface area contributed by atoms with Crippen molar-refractivity contribution in [3.8, 4) is 23.0 Å². The lowest BCUT2D eigenvalue weighted by atomic mass is 9.91. The fourth-order valence-electron chi connectivity index (χ4n) is 1.91. The van der Waals surface area contributed by atoms with Gasteiger partial charge in [0.15, 0.2) is 17.3 Å². The Morgan fingerprint density at radius 3 is 2.05 bits per heavy atom. The predicted octanol–water partition coefficient (Wildman–Crippen LogP) is 2.50. The lowest BCUT2D eigenvalue weighted by Crippen LogP contribution is -2.09. The molecule has 0 radical (unpaired) electrons. The van der Waals surface area contributed by atoms with Crippen LogP contribution >= 0.6 is 0 Å². The van der Waals surface area contributed by atoms with E-state index >= 15 is 0 Å². The van der Waals surface area contributed by atoms with E-state index in [4.69, 9.17) is 0 Å². The summed E-state index contributed by atoms with van der Waals surface area (Å²) in [6, 6.07) is 8.10. The lowest BCUT2D eigenvalue weighted by Gasteiger charge is -2.13. The third-order valence-electron chi connectivity index (χ3n) is 3.14. The molecule has 2 aromatic carbocycles. The molecule has 2 aromatic rings. The zero-order valence-corrected chi connectivity index (χ0v) is 10.7. The molecule has 0 fully saturated rings. The fraction of sp³-hybridized carbons (Fsp3) is 0.133. The second-order valence-electron chi connectivity index (χ2n) is 4.54. The minimum Gasteiger partial charge on any atom is -0.508 e. The number of hydrogen-bond acceptors (Lipinski definition) is 5. The zero-order valence-electron chi connectivity index (χ0n) is 10.7. The molecule has 5 nitrogen and oxygen atoms in total. The summed E-state index contributed by atoms with van der Waals surface area (Å²) in [6.07, 6.45) is 0. The third kappa shape index (κ3) is 2.51. The molecule has 104 valence electrons. The molecule has 0 bridgehead atoms. The molecule has 20 heavy (non-hydrogen) atoms. The van der Waals surface area contributed by atoms with Crippen LogP contribution in [-0.2, 0) is 0 Å². The molecule has 1 atom stereocenters. The van der Waals surface area contributed by atoms with Crippen molar-refractivity contribution in [2.75, 3.05) is 0 Å². The molecule has 0 heterocycles. The van der Waals surface area contributed by atoms with Gasteiger partial charge in [-0.1, -0.05) is 19.1 Å². The van der Waals surface area contributed by atoms with Crippen molar-refractivity contribution in [1.29, 1.82) is 0 Å². The van der Waals surface area contributed by atoms with Crippen LogP contribution in [0, 0.1) is 0 Å². The molecule has 0 saturated carbocycles. The van der Waals surface area contributed by atoms with Crippen LogP contribution in [0.2, 0.25) is 0 Å². The van der Waals surface area contributed by atoms with Gasteiger partial charge in [0, 0.05) is 12.0 Å². The van der Waals surface area contributed by atoms with Crippen molar-refractivity contribution < 1.29 is 25.2 Å². The Kier molecular flexibility index (Phi) is 3.52. The van der Waals surface area contributed by atoms with Crippen molar-refractivity contribution in [3.63, 3.8) is 0 Å². The summed E-state index contributed by atoms with van der Waals surface area (Å²) < 4.78 is 0. The third-order valence-corrected chi connectivity index (χ3v) is 3.14. The summed E-state index contributed by atoms with van der Waals surface area (Å²) in [5.74, 6) is -2.22. The largest absolute Gasteiger partial charge is 0.508 e. The van der Waals surface area contributed by atoms with E-state index in [9.17, 15) is 25.2 Å². The summed E-state index contributed by atoms with van der Waals surface area (Å²) in [6.45, 7) is 1.65. The van der Waals surface area contributed by atoms with Crippen LogP contribution in [0.5, 0.6) is 23.0 Å². The van der Waals surface area contributed by atoms with Gasteiger partial charge in [0.2, 0.25) is 0 Å². The number of hydrogen-bond donors (Lipinski definition) is 4. The van der Waals surface area contributed by atoms with E-state index in [1.807, 2.05) is 0 Å². The Bertz CT molecular complexity index is 646. The second-order valence-corrected chi connectivity index (χ2v) is 4.54. The van der Waals surface area contributed by atoms with E-state index in [0.29, 0.717) is 5.56 Å². The highest BCUT2D eigenvalue weighted by Gasteiger charge is 2.21. The minimum atomic E-state index is -0.564. The Morgan fingerprint density at radius 1 is 0.900 bits per heavy atom. The number of aromatic hydroxyl groups is 4. The van der Waals surface area contributed by atoms with Crippen molar-refractivity contribution in [1.82, 2.24) is 0 Å². The SMILES string of the molecule is CC(C(=O)c1cc(O)c(O)cc1O)c1ccc(O)cc1. The highest BCUT2D eigenvalue weighted by molar-refractivity contribution is 6.03. The quantitative estimate of drug-likeness (QED) is 0.391. The Morgan fingerprint density at radius 2 is 1.45 bits per heavy atom. The molecule has 0 saturated heterocycles. The second kappa shape index (κ2) is 5.13. The molecular formula is C15H14O5. The number of phenols is 4. The van der Waals surface area contributed by atoms with Crippen LogP contribution in [-0.4, -0.2) is 26.2 Å². The number of carbonyl (C=O) groups is 1.